The summed E-state index contributed by atoms with van der Waals surface area (Å²) >= 11 is 0. The molecule has 0 aromatic heterocycles. The van der Waals surface area contributed by atoms with Crippen LogP contribution in [0.4, 0.5) is 11.4 Å². The number of anilines is 2. The van der Waals surface area contributed by atoms with Crippen LogP contribution >= 0.6 is 0 Å². The van der Waals surface area contributed by atoms with Crippen molar-refractivity contribution in [3.05, 3.63) is 48.0 Å². The number of amides is 2. The molecule has 8 heteroatoms. The second-order valence-electron chi connectivity index (χ2n) is 7.61. The molecule has 0 spiro atoms. The highest BCUT2D eigenvalue weighted by atomic mass is 16.5. The number of nitrogens with one attached hydrogen (secondary N) is 1. The van der Waals surface area contributed by atoms with E-state index in [0.717, 1.165) is 18.5 Å². The molecule has 1 aliphatic heterocycles. The number of nitrogens with zero attached hydrogens (tertiary/aromatic N) is 2. The van der Waals surface area contributed by atoms with E-state index in [1.54, 1.807) is 55.5 Å². The van der Waals surface area contributed by atoms with E-state index in [-0.39, 0.29) is 18.4 Å². The van der Waals surface area contributed by atoms with Crippen LogP contribution in [-0.2, 0) is 9.59 Å². The largest absolute Gasteiger partial charge is 0.493 e. The average Bonchev–Trinajstić information content (AvgIpc) is 2.78. The maximum atomic E-state index is 12.5. The predicted octanol–water partition coefficient (Wildman–Crippen LogP) is 3.03. The van der Waals surface area contributed by atoms with Crippen LogP contribution < -0.4 is 24.4 Å². The zero-order valence-corrected chi connectivity index (χ0v) is 18.9. The van der Waals surface area contributed by atoms with Crippen LogP contribution in [0.1, 0.15) is 12.0 Å². The van der Waals surface area contributed by atoms with Gasteiger partial charge < -0.3 is 29.3 Å². The molecule has 0 fully saturated rings. The summed E-state index contributed by atoms with van der Waals surface area (Å²) < 4.78 is 16.1. The summed E-state index contributed by atoms with van der Waals surface area (Å²) in [5, 5.41) is 2.84. The van der Waals surface area contributed by atoms with Crippen molar-refractivity contribution in [1.82, 2.24) is 4.90 Å². The molecule has 1 heterocycles. The highest BCUT2D eigenvalue weighted by Gasteiger charge is 2.25. The number of hydrogen-bond acceptors (Lipinski definition) is 6. The molecular formula is C24H29N3O5. The lowest BCUT2D eigenvalue weighted by molar-refractivity contribution is -0.121. The van der Waals surface area contributed by atoms with Crippen molar-refractivity contribution in [1.29, 1.82) is 0 Å². The van der Waals surface area contributed by atoms with Gasteiger partial charge in [-0.25, -0.2) is 0 Å². The zero-order chi connectivity index (χ0) is 23.1. The standard InChI is InChI=1S/C24H29N3O5/c1-26(2)12-5-13-27-19-15-18(8-10-20(19)32-16-24(27)29)25-23(28)11-7-17-6-9-21(30-3)22(14-17)31-4/h6-11,14-15H,5,12-13,16H2,1-4H3,(H,25,28)/b11-7+. The number of rotatable bonds is 9. The summed E-state index contributed by atoms with van der Waals surface area (Å²) in [5.41, 5.74) is 2.05. The molecule has 170 valence electrons. The van der Waals surface area contributed by atoms with Gasteiger partial charge in [-0.1, -0.05) is 6.07 Å². The van der Waals surface area contributed by atoms with Gasteiger partial charge in [0.25, 0.3) is 5.91 Å². The highest BCUT2D eigenvalue weighted by molar-refractivity contribution is 6.03. The summed E-state index contributed by atoms with van der Waals surface area (Å²) in [6, 6.07) is 10.7. The third-order valence-electron chi connectivity index (χ3n) is 4.99. The normalized spacial score (nSPS) is 13.2. The minimum Gasteiger partial charge on any atom is -0.493 e. The molecule has 0 saturated heterocycles. The molecule has 0 aliphatic carbocycles. The van der Waals surface area contributed by atoms with Crippen LogP contribution in [0.3, 0.4) is 0 Å². The van der Waals surface area contributed by atoms with Crippen LogP contribution in [0, 0.1) is 0 Å². The molecule has 2 aromatic rings. The van der Waals surface area contributed by atoms with Crippen LogP contribution in [0.15, 0.2) is 42.5 Å². The van der Waals surface area contributed by atoms with Crippen LogP contribution in [-0.4, -0.2) is 64.7 Å². The number of fused-ring (bicyclic) bond motifs is 1. The Hall–Kier alpha value is -3.52. The van der Waals surface area contributed by atoms with Gasteiger partial charge in [0.05, 0.1) is 19.9 Å². The van der Waals surface area contributed by atoms with Crippen molar-refractivity contribution in [3.8, 4) is 17.2 Å². The van der Waals surface area contributed by atoms with Gasteiger partial charge in [-0.05, 0) is 69.0 Å². The van der Waals surface area contributed by atoms with Gasteiger partial charge in [-0.3, -0.25) is 9.59 Å². The molecule has 32 heavy (non-hydrogen) atoms. The van der Waals surface area contributed by atoms with Gasteiger partial charge in [0.1, 0.15) is 5.75 Å². The third-order valence-corrected chi connectivity index (χ3v) is 4.99. The quantitative estimate of drug-likeness (QED) is 0.605. The summed E-state index contributed by atoms with van der Waals surface area (Å²) in [4.78, 5) is 28.6. The van der Waals surface area contributed by atoms with E-state index in [2.05, 4.69) is 10.2 Å². The predicted molar refractivity (Wildman–Crippen MR) is 125 cm³/mol. The van der Waals surface area contributed by atoms with E-state index in [1.165, 1.54) is 6.08 Å². The Bertz CT molecular complexity index is 1000. The second kappa shape index (κ2) is 10.7. The van der Waals surface area contributed by atoms with E-state index < -0.39 is 0 Å². The topological polar surface area (TPSA) is 80.3 Å². The Labute approximate surface area is 188 Å². The monoisotopic (exact) mass is 439 g/mol. The molecule has 0 atom stereocenters. The molecule has 0 saturated carbocycles. The molecular weight excluding hydrogens is 410 g/mol. The zero-order valence-electron chi connectivity index (χ0n) is 18.9. The highest BCUT2D eigenvalue weighted by Crippen LogP contribution is 2.34. The smallest absolute Gasteiger partial charge is 0.265 e. The van der Waals surface area contributed by atoms with Gasteiger partial charge in [0.2, 0.25) is 5.91 Å². The molecule has 8 nitrogen and oxygen atoms in total. The van der Waals surface area contributed by atoms with Crippen LogP contribution in [0.5, 0.6) is 17.2 Å². The lowest BCUT2D eigenvalue weighted by Crippen LogP contribution is -2.40. The Morgan fingerprint density at radius 3 is 2.66 bits per heavy atom. The van der Waals surface area contributed by atoms with Gasteiger partial charge >= 0.3 is 0 Å². The van der Waals surface area contributed by atoms with E-state index in [9.17, 15) is 9.59 Å². The van der Waals surface area contributed by atoms with E-state index in [4.69, 9.17) is 14.2 Å². The first-order valence-corrected chi connectivity index (χ1v) is 10.3. The number of ether oxygens (including phenoxy) is 3. The maximum absolute atomic E-state index is 12.5. The molecule has 1 N–H and O–H groups in total. The number of benzene rings is 2. The van der Waals surface area contributed by atoms with Crippen molar-refractivity contribution >= 4 is 29.3 Å². The first-order valence-electron chi connectivity index (χ1n) is 10.3. The fourth-order valence-electron chi connectivity index (χ4n) is 3.38. The molecule has 0 unspecified atom stereocenters. The summed E-state index contributed by atoms with van der Waals surface area (Å²) in [6.07, 6.45) is 3.97. The van der Waals surface area contributed by atoms with Crippen molar-refractivity contribution in [3.63, 3.8) is 0 Å². The van der Waals surface area contributed by atoms with Gasteiger partial charge in [0.15, 0.2) is 18.1 Å². The molecule has 1 aliphatic rings. The van der Waals surface area contributed by atoms with Crippen LogP contribution in [0.2, 0.25) is 0 Å². The third kappa shape index (κ3) is 5.79. The first kappa shape index (κ1) is 23.1. The summed E-state index contributed by atoms with van der Waals surface area (Å²) in [5.74, 6) is 1.46. The summed E-state index contributed by atoms with van der Waals surface area (Å²) in [6.45, 7) is 1.48. The van der Waals surface area contributed by atoms with E-state index in [0.29, 0.717) is 35.2 Å². The maximum Gasteiger partial charge on any atom is 0.265 e. The fourth-order valence-corrected chi connectivity index (χ4v) is 3.38. The van der Waals surface area contributed by atoms with Crippen molar-refractivity contribution in [2.24, 2.45) is 0 Å². The number of hydrogen-bond donors (Lipinski definition) is 1. The number of carbonyl (C=O) groups excluding carboxylic acids is 2. The van der Waals surface area contributed by atoms with Crippen molar-refractivity contribution in [2.75, 3.05) is 58.2 Å². The number of carbonyl (C=O) groups is 2. The lowest BCUT2D eigenvalue weighted by atomic mass is 10.1. The summed E-state index contributed by atoms with van der Waals surface area (Å²) in [7, 11) is 7.13. The molecule has 2 aromatic carbocycles. The minimum absolute atomic E-state index is 0.0226. The Balaban J connectivity index is 1.70. The fraction of sp³-hybridized carbons (Fsp3) is 0.333. The lowest BCUT2D eigenvalue weighted by Gasteiger charge is -2.30. The van der Waals surface area contributed by atoms with E-state index in [1.807, 2.05) is 20.2 Å². The first-order chi connectivity index (χ1) is 15.4. The molecule has 3 rings (SSSR count). The Kier molecular flexibility index (Phi) is 7.72. The second-order valence-corrected chi connectivity index (χ2v) is 7.61. The van der Waals surface area contributed by atoms with Gasteiger partial charge in [-0.15, -0.1) is 0 Å². The van der Waals surface area contributed by atoms with Gasteiger partial charge in [0, 0.05) is 18.3 Å². The van der Waals surface area contributed by atoms with E-state index >= 15 is 0 Å². The average molecular weight is 440 g/mol. The molecule has 0 bridgehead atoms. The van der Waals surface area contributed by atoms with Crippen LogP contribution in [0.25, 0.3) is 6.08 Å². The SMILES string of the molecule is COc1ccc(/C=C/C(=O)Nc2ccc3c(c2)N(CCCN(C)C)C(=O)CO3)cc1OC. The van der Waals surface area contributed by atoms with Gasteiger partial charge in [-0.2, -0.15) is 0 Å². The Morgan fingerprint density at radius 1 is 1.16 bits per heavy atom. The Morgan fingerprint density at radius 2 is 1.94 bits per heavy atom. The molecule has 0 radical (unpaired) electrons. The number of methoxy groups -OCH3 is 2. The minimum atomic E-state index is -0.290. The van der Waals surface area contributed by atoms with Crippen molar-refractivity contribution in [2.45, 2.75) is 6.42 Å². The molecule has 2 amide bonds. The van der Waals surface area contributed by atoms with Crippen molar-refractivity contribution < 1.29 is 23.8 Å².